The molecule has 0 aromatic carbocycles. The zero-order valence-corrected chi connectivity index (χ0v) is 13.0. The van der Waals surface area contributed by atoms with Gasteiger partial charge in [-0.1, -0.05) is 18.0 Å². The number of rotatable bonds is 4. The van der Waals surface area contributed by atoms with Gasteiger partial charge in [0.15, 0.2) is 0 Å². The number of ether oxygens (including phenoxy) is 1. The normalized spacial score (nSPS) is 25.9. The minimum absolute atomic E-state index is 0.137. The number of aryl methyl sites for hydroxylation is 2. The molecule has 5 nitrogen and oxygen atoms in total. The van der Waals surface area contributed by atoms with Crippen molar-refractivity contribution in [2.24, 2.45) is 11.7 Å². The maximum Gasteiger partial charge on any atom is 0.326 e. The van der Waals surface area contributed by atoms with Gasteiger partial charge >= 0.3 is 5.97 Å². The number of methoxy groups -OCH3 is 1. The van der Waals surface area contributed by atoms with Crippen LogP contribution in [0, 0.1) is 19.8 Å². The van der Waals surface area contributed by atoms with E-state index in [1.807, 2.05) is 18.5 Å². The predicted molar refractivity (Wildman–Crippen MR) is 77.6 cm³/mol. The number of nitrogens with two attached hydrogens (primary N) is 1. The van der Waals surface area contributed by atoms with Crippen LogP contribution in [0.1, 0.15) is 37.1 Å². The van der Waals surface area contributed by atoms with Crippen molar-refractivity contribution in [3.05, 3.63) is 16.4 Å². The quantitative estimate of drug-likeness (QED) is 0.865. The first-order valence-corrected chi connectivity index (χ1v) is 7.34. The van der Waals surface area contributed by atoms with Crippen LogP contribution in [-0.4, -0.2) is 28.4 Å². The molecule has 0 saturated heterocycles. The summed E-state index contributed by atoms with van der Waals surface area (Å²) in [5, 5.41) is 5.12. The predicted octanol–water partition coefficient (Wildman–Crippen LogP) is 2.21. The Hall–Kier alpha value is -1.07. The summed E-state index contributed by atoms with van der Waals surface area (Å²) >= 11 is 6.14. The summed E-state index contributed by atoms with van der Waals surface area (Å²) in [7, 11) is 1.40. The zero-order chi connectivity index (χ0) is 14.9. The monoisotopic (exact) mass is 299 g/mol. The topological polar surface area (TPSA) is 70.1 Å². The van der Waals surface area contributed by atoms with Gasteiger partial charge in [-0.25, -0.2) is 0 Å². The van der Waals surface area contributed by atoms with Gasteiger partial charge in [-0.3, -0.25) is 9.48 Å². The van der Waals surface area contributed by atoms with E-state index in [-0.39, 0.29) is 11.9 Å². The molecule has 1 aliphatic carbocycles. The van der Waals surface area contributed by atoms with Crippen LogP contribution in [0.3, 0.4) is 0 Å². The highest BCUT2D eigenvalue weighted by Crippen LogP contribution is 2.37. The minimum Gasteiger partial charge on any atom is -0.468 e. The largest absolute Gasteiger partial charge is 0.468 e. The SMILES string of the molecule is COC(=O)C1(N)CCCC1CCn1nc(C)c(Cl)c1C. The van der Waals surface area contributed by atoms with E-state index in [2.05, 4.69) is 5.10 Å². The lowest BCUT2D eigenvalue weighted by molar-refractivity contribution is -0.148. The molecule has 1 aromatic heterocycles. The number of carbonyl (C=O) groups excluding carboxylic acids is 1. The first kappa shape index (κ1) is 15.3. The summed E-state index contributed by atoms with van der Waals surface area (Å²) in [6.07, 6.45) is 3.43. The zero-order valence-electron chi connectivity index (χ0n) is 12.3. The Morgan fingerprint density at radius 1 is 1.60 bits per heavy atom. The highest BCUT2D eigenvalue weighted by molar-refractivity contribution is 6.31. The van der Waals surface area contributed by atoms with Crippen LogP contribution < -0.4 is 5.73 Å². The molecule has 2 N–H and O–H groups in total. The first-order valence-electron chi connectivity index (χ1n) is 6.97. The third kappa shape index (κ3) is 2.56. The van der Waals surface area contributed by atoms with Crippen molar-refractivity contribution >= 4 is 17.6 Å². The fourth-order valence-corrected chi connectivity index (χ4v) is 3.27. The molecule has 0 aliphatic heterocycles. The summed E-state index contributed by atoms with van der Waals surface area (Å²) < 4.78 is 6.76. The average Bonchev–Trinajstić information content (AvgIpc) is 2.92. The Morgan fingerprint density at radius 3 is 2.85 bits per heavy atom. The van der Waals surface area contributed by atoms with Crippen molar-refractivity contribution in [3.63, 3.8) is 0 Å². The molecular formula is C14H22ClN3O2. The molecule has 0 spiro atoms. The Labute approximate surface area is 124 Å². The number of hydrogen-bond donors (Lipinski definition) is 1. The van der Waals surface area contributed by atoms with E-state index in [1.165, 1.54) is 7.11 Å². The van der Waals surface area contributed by atoms with E-state index < -0.39 is 5.54 Å². The number of halogens is 1. The second kappa shape index (κ2) is 5.74. The Kier molecular flexibility index (Phi) is 4.39. The van der Waals surface area contributed by atoms with Gasteiger partial charge in [-0.05, 0) is 39.0 Å². The third-order valence-electron chi connectivity index (χ3n) is 4.42. The van der Waals surface area contributed by atoms with Crippen LogP contribution in [0.5, 0.6) is 0 Å². The minimum atomic E-state index is -0.839. The second-order valence-corrected chi connectivity index (χ2v) is 6.00. The van der Waals surface area contributed by atoms with E-state index >= 15 is 0 Å². The number of esters is 1. The van der Waals surface area contributed by atoms with E-state index in [4.69, 9.17) is 22.1 Å². The summed E-state index contributed by atoms with van der Waals surface area (Å²) in [5.74, 6) is -0.163. The van der Waals surface area contributed by atoms with Crippen molar-refractivity contribution in [2.75, 3.05) is 7.11 Å². The number of nitrogens with zero attached hydrogens (tertiary/aromatic N) is 2. The van der Waals surface area contributed by atoms with Crippen LogP contribution in [0.4, 0.5) is 0 Å². The molecule has 0 radical (unpaired) electrons. The molecule has 2 unspecified atom stereocenters. The van der Waals surface area contributed by atoms with E-state index in [0.29, 0.717) is 11.4 Å². The average molecular weight is 300 g/mol. The molecule has 6 heteroatoms. The maximum atomic E-state index is 11.9. The molecule has 0 amide bonds. The summed E-state index contributed by atoms with van der Waals surface area (Å²) in [5.41, 5.74) is 7.22. The van der Waals surface area contributed by atoms with Crippen LogP contribution in [-0.2, 0) is 16.1 Å². The van der Waals surface area contributed by atoms with Gasteiger partial charge in [0.25, 0.3) is 0 Å². The van der Waals surface area contributed by atoms with Gasteiger partial charge in [0, 0.05) is 6.54 Å². The van der Waals surface area contributed by atoms with Crippen LogP contribution in [0.25, 0.3) is 0 Å². The lowest BCUT2D eigenvalue weighted by atomic mass is 9.85. The molecule has 1 aliphatic rings. The van der Waals surface area contributed by atoms with Crippen molar-refractivity contribution in [2.45, 2.75) is 51.6 Å². The summed E-state index contributed by atoms with van der Waals surface area (Å²) in [4.78, 5) is 11.9. The Bertz CT molecular complexity index is 515. The van der Waals surface area contributed by atoms with Gasteiger partial charge in [0.05, 0.1) is 23.5 Å². The van der Waals surface area contributed by atoms with Crippen LogP contribution >= 0.6 is 11.6 Å². The molecule has 1 heterocycles. The van der Waals surface area contributed by atoms with E-state index in [0.717, 1.165) is 37.2 Å². The highest BCUT2D eigenvalue weighted by Gasteiger charge is 2.46. The number of carbonyl (C=O) groups is 1. The summed E-state index contributed by atoms with van der Waals surface area (Å²) in [6, 6.07) is 0. The molecule has 112 valence electrons. The number of aromatic nitrogens is 2. The Morgan fingerprint density at radius 2 is 2.30 bits per heavy atom. The van der Waals surface area contributed by atoms with E-state index in [1.54, 1.807) is 0 Å². The van der Waals surface area contributed by atoms with Crippen LogP contribution in [0.2, 0.25) is 5.02 Å². The standard InChI is InChI=1S/C14H22ClN3O2/c1-9-12(15)10(2)18(17-9)8-6-11-5-4-7-14(11,16)13(19)20-3/h11H,4-8,16H2,1-3H3. The van der Waals surface area contributed by atoms with Gasteiger partial charge in [0.1, 0.15) is 5.54 Å². The van der Waals surface area contributed by atoms with Gasteiger partial charge in [0.2, 0.25) is 0 Å². The fourth-order valence-electron chi connectivity index (χ4n) is 3.13. The van der Waals surface area contributed by atoms with E-state index in [9.17, 15) is 4.79 Å². The fraction of sp³-hybridized carbons (Fsp3) is 0.714. The lowest BCUT2D eigenvalue weighted by Crippen LogP contribution is -2.51. The Balaban J connectivity index is 2.06. The maximum absolute atomic E-state index is 11.9. The van der Waals surface area contributed by atoms with Gasteiger partial charge in [-0.2, -0.15) is 5.10 Å². The molecular weight excluding hydrogens is 278 g/mol. The van der Waals surface area contributed by atoms with Crippen LogP contribution in [0.15, 0.2) is 0 Å². The smallest absolute Gasteiger partial charge is 0.326 e. The highest BCUT2D eigenvalue weighted by atomic mass is 35.5. The molecule has 1 fully saturated rings. The van der Waals surface area contributed by atoms with Crippen molar-refractivity contribution < 1.29 is 9.53 Å². The van der Waals surface area contributed by atoms with Gasteiger partial charge < -0.3 is 10.5 Å². The molecule has 2 atom stereocenters. The molecule has 2 rings (SSSR count). The molecule has 1 saturated carbocycles. The first-order chi connectivity index (χ1) is 9.40. The third-order valence-corrected chi connectivity index (χ3v) is 4.97. The molecule has 1 aromatic rings. The number of hydrogen-bond acceptors (Lipinski definition) is 4. The molecule has 20 heavy (non-hydrogen) atoms. The van der Waals surface area contributed by atoms with Crippen molar-refractivity contribution in [1.29, 1.82) is 0 Å². The van der Waals surface area contributed by atoms with Crippen molar-refractivity contribution in [3.8, 4) is 0 Å². The lowest BCUT2D eigenvalue weighted by Gasteiger charge is -2.28. The second-order valence-electron chi connectivity index (χ2n) is 5.62. The molecule has 0 bridgehead atoms. The van der Waals surface area contributed by atoms with Gasteiger partial charge in [-0.15, -0.1) is 0 Å². The van der Waals surface area contributed by atoms with Crippen molar-refractivity contribution in [1.82, 2.24) is 9.78 Å². The summed E-state index contributed by atoms with van der Waals surface area (Å²) in [6.45, 7) is 4.57.